The number of carbonyl (C=O) groups is 1. The van der Waals surface area contributed by atoms with Gasteiger partial charge in [-0.1, -0.05) is 11.8 Å². The molecule has 2 aliphatic heterocycles. The molecule has 0 aromatic carbocycles. The van der Waals surface area contributed by atoms with Gasteiger partial charge in [-0.05, 0) is 6.92 Å². The topological polar surface area (TPSA) is 146 Å². The van der Waals surface area contributed by atoms with E-state index in [1.165, 1.54) is 11.8 Å². The number of aliphatic imine (C=N–C) groups is 1. The lowest BCUT2D eigenvalue weighted by Crippen LogP contribution is -2.64. The van der Waals surface area contributed by atoms with Crippen molar-refractivity contribution in [1.82, 2.24) is 0 Å². The van der Waals surface area contributed by atoms with Crippen LogP contribution in [-0.4, -0.2) is 80.1 Å². The van der Waals surface area contributed by atoms with Gasteiger partial charge in [0.1, 0.15) is 24.4 Å². The van der Waals surface area contributed by atoms with Crippen molar-refractivity contribution < 1.29 is 43.1 Å². The Labute approximate surface area is 133 Å². The fourth-order valence-corrected chi connectivity index (χ4v) is 3.38. The molecule has 8 nitrogen and oxygen atoms in total. The smallest absolute Gasteiger partial charge is 0.475 e. The maximum atomic E-state index is 10.6. The second kappa shape index (κ2) is 7.32. The monoisotopic (exact) mass is 362 g/mol. The number of aliphatic hydroxyl groups excluding tert-OH is 3. The van der Waals surface area contributed by atoms with Crippen molar-refractivity contribution in [2.24, 2.45) is 10.7 Å². The molecule has 23 heavy (non-hydrogen) atoms. The van der Waals surface area contributed by atoms with E-state index in [-0.39, 0.29) is 13.2 Å². The summed E-state index contributed by atoms with van der Waals surface area (Å²) in [6.07, 6.45) is -8.09. The Hall–Kier alpha value is -0.920. The molecule has 2 rings (SSSR count). The van der Waals surface area contributed by atoms with Gasteiger partial charge in [-0.25, -0.2) is 4.79 Å². The van der Waals surface area contributed by atoms with E-state index in [1.807, 2.05) is 0 Å². The van der Waals surface area contributed by atoms with Crippen LogP contribution < -0.4 is 5.73 Å². The number of hydrogen-bond donors (Lipinski definition) is 5. The summed E-state index contributed by atoms with van der Waals surface area (Å²) in [6, 6.07) is -0.569. The van der Waals surface area contributed by atoms with Crippen LogP contribution in [0, 0.1) is 0 Å². The van der Waals surface area contributed by atoms with Crippen LogP contribution in [0.3, 0.4) is 0 Å². The minimum atomic E-state index is -5.08. The second-order valence-electron chi connectivity index (χ2n) is 4.83. The highest BCUT2D eigenvalue weighted by Crippen LogP contribution is 2.45. The lowest BCUT2D eigenvalue weighted by molar-refractivity contribution is -0.196. The van der Waals surface area contributed by atoms with Crippen molar-refractivity contribution in [1.29, 1.82) is 0 Å². The molecule has 0 bridgehead atoms. The summed E-state index contributed by atoms with van der Waals surface area (Å²) in [4.78, 5) is 12.3. The zero-order valence-corrected chi connectivity index (χ0v) is 12.7. The third-order valence-corrected chi connectivity index (χ3v) is 4.45. The summed E-state index contributed by atoms with van der Waals surface area (Å²) in [7, 11) is 0. The van der Waals surface area contributed by atoms with Gasteiger partial charge in [0.25, 0.3) is 0 Å². The first kappa shape index (κ1) is 20.1. The average molecular weight is 362 g/mol. The molecule has 0 unspecified atom stereocenters. The molecule has 1 saturated heterocycles. The molecular formula is C11H17F3N2O6S. The number of rotatable bonds is 2. The highest BCUT2D eigenvalue weighted by atomic mass is 32.2. The van der Waals surface area contributed by atoms with Crippen LogP contribution in [0.5, 0.6) is 0 Å². The van der Waals surface area contributed by atoms with E-state index in [4.69, 9.17) is 25.5 Å². The number of alkyl halides is 3. The van der Waals surface area contributed by atoms with E-state index < -0.39 is 41.4 Å². The Bertz CT molecular complexity index is 477. The Morgan fingerprint density at radius 3 is 2.35 bits per heavy atom. The van der Waals surface area contributed by atoms with E-state index in [0.29, 0.717) is 0 Å². The Morgan fingerprint density at radius 1 is 1.43 bits per heavy atom. The molecule has 5 atom stereocenters. The van der Waals surface area contributed by atoms with Crippen molar-refractivity contribution in [2.45, 2.75) is 42.4 Å². The van der Waals surface area contributed by atoms with Gasteiger partial charge in [-0.15, -0.1) is 0 Å². The van der Waals surface area contributed by atoms with Gasteiger partial charge in [0.05, 0.1) is 11.7 Å². The van der Waals surface area contributed by atoms with Crippen molar-refractivity contribution in [3.63, 3.8) is 0 Å². The van der Waals surface area contributed by atoms with Crippen LogP contribution in [0.2, 0.25) is 0 Å². The van der Waals surface area contributed by atoms with Crippen molar-refractivity contribution in [3.8, 4) is 0 Å². The van der Waals surface area contributed by atoms with Gasteiger partial charge >= 0.3 is 12.1 Å². The van der Waals surface area contributed by atoms with Crippen LogP contribution >= 0.6 is 11.8 Å². The molecule has 0 aliphatic carbocycles. The summed E-state index contributed by atoms with van der Waals surface area (Å²) < 4.78 is 37.3. The van der Waals surface area contributed by atoms with E-state index in [1.54, 1.807) is 6.92 Å². The van der Waals surface area contributed by atoms with Crippen LogP contribution in [0.4, 0.5) is 13.2 Å². The highest BCUT2D eigenvalue weighted by Gasteiger charge is 2.56. The molecule has 12 heteroatoms. The molecule has 0 aromatic heterocycles. The number of carboxylic acids is 1. The predicted octanol–water partition coefficient (Wildman–Crippen LogP) is -1.08. The summed E-state index contributed by atoms with van der Waals surface area (Å²) in [5.41, 5.74) is 5.67. The number of fused-ring (bicyclic) bond motifs is 1. The minimum Gasteiger partial charge on any atom is -0.475 e. The molecule has 0 saturated carbocycles. The number of ether oxygens (including phenoxy) is 1. The summed E-state index contributed by atoms with van der Waals surface area (Å²) in [6.45, 7) is 1.62. The number of aliphatic carboxylic acids is 1. The Balaban J connectivity index is 0.000000322. The van der Waals surface area contributed by atoms with E-state index >= 15 is 0 Å². The third-order valence-electron chi connectivity index (χ3n) is 3.20. The second-order valence-corrected chi connectivity index (χ2v) is 6.32. The standard InChI is InChI=1S/C9H16N2O4S.C2HF3O2/c1-4-11-8-7(14)6(13)5(2-12)15-9(8,3-10)16-4;3-2(4,5)1(6)7/h5-8,12-14H,2-3,10H2,1H3;(H,6,7)/t5-,6+,7+,8-,9-;/m1./s1. The first-order valence-electron chi connectivity index (χ1n) is 6.37. The van der Waals surface area contributed by atoms with Gasteiger partial charge in [-0.2, -0.15) is 13.2 Å². The van der Waals surface area contributed by atoms with Crippen molar-refractivity contribution in [2.75, 3.05) is 13.2 Å². The summed E-state index contributed by atoms with van der Waals surface area (Å²) in [5.74, 6) is -2.76. The molecule has 2 aliphatic rings. The zero-order chi connectivity index (χ0) is 18.0. The van der Waals surface area contributed by atoms with Crippen molar-refractivity contribution in [3.05, 3.63) is 0 Å². The van der Waals surface area contributed by atoms with Crippen LogP contribution in [0.25, 0.3) is 0 Å². The van der Waals surface area contributed by atoms with Gasteiger partial charge in [-0.3, -0.25) is 4.99 Å². The minimum absolute atomic E-state index is 0.170. The quantitative estimate of drug-likeness (QED) is 0.417. The molecule has 6 N–H and O–H groups in total. The average Bonchev–Trinajstić information content (AvgIpc) is 2.80. The van der Waals surface area contributed by atoms with Gasteiger partial charge < -0.3 is 30.9 Å². The molecule has 134 valence electrons. The van der Waals surface area contributed by atoms with Crippen molar-refractivity contribution >= 4 is 22.8 Å². The SMILES string of the molecule is CC1=N[C@@H]2[C@@H](O)[C@@H](O)[C@@H](CO)O[C@]2(CN)S1.O=C(O)C(F)(F)F. The largest absolute Gasteiger partial charge is 0.490 e. The van der Waals surface area contributed by atoms with E-state index in [2.05, 4.69) is 4.99 Å². The number of carboxylic acid groups (broad SMARTS) is 1. The Morgan fingerprint density at radius 2 is 1.96 bits per heavy atom. The number of halogens is 3. The predicted molar refractivity (Wildman–Crippen MR) is 73.9 cm³/mol. The number of nitrogens with zero attached hydrogens (tertiary/aromatic N) is 1. The number of hydrogen-bond acceptors (Lipinski definition) is 8. The molecule has 1 fully saturated rings. The molecule has 0 amide bonds. The fraction of sp³-hybridized carbons (Fsp3) is 0.818. The number of aliphatic hydroxyl groups is 3. The van der Waals surface area contributed by atoms with E-state index in [9.17, 15) is 23.4 Å². The van der Waals surface area contributed by atoms with Crippen LogP contribution in [0.1, 0.15) is 6.92 Å². The Kier molecular flexibility index (Phi) is 6.40. The van der Waals surface area contributed by atoms with E-state index in [0.717, 1.165) is 5.04 Å². The van der Waals surface area contributed by atoms with Gasteiger partial charge in [0.2, 0.25) is 0 Å². The fourth-order valence-electron chi connectivity index (χ4n) is 2.15. The lowest BCUT2D eigenvalue weighted by Gasteiger charge is -2.45. The number of thioether (sulfide) groups is 1. The molecule has 0 radical (unpaired) electrons. The van der Waals surface area contributed by atoms with Gasteiger partial charge in [0, 0.05) is 6.54 Å². The summed E-state index contributed by atoms with van der Waals surface area (Å²) in [5, 5.41) is 36.7. The number of nitrogens with two attached hydrogens (primary N) is 1. The maximum absolute atomic E-state index is 10.6. The molecule has 2 heterocycles. The maximum Gasteiger partial charge on any atom is 0.490 e. The first-order chi connectivity index (χ1) is 10.5. The zero-order valence-electron chi connectivity index (χ0n) is 11.9. The molecular weight excluding hydrogens is 345 g/mol. The molecule has 0 spiro atoms. The van der Waals surface area contributed by atoms with Crippen LogP contribution in [0.15, 0.2) is 4.99 Å². The van der Waals surface area contributed by atoms with Crippen LogP contribution in [-0.2, 0) is 9.53 Å². The highest BCUT2D eigenvalue weighted by molar-refractivity contribution is 8.15. The summed E-state index contributed by atoms with van der Waals surface area (Å²) >= 11 is 1.34. The molecule has 0 aromatic rings. The first-order valence-corrected chi connectivity index (χ1v) is 7.18. The third kappa shape index (κ3) is 4.33. The van der Waals surface area contributed by atoms with Gasteiger partial charge in [0.15, 0.2) is 4.93 Å². The lowest BCUT2D eigenvalue weighted by atomic mass is 9.93. The normalized spacial score (nSPS) is 36.6.